The molecular formula is C22H22N4O3. The van der Waals surface area contributed by atoms with Crippen LogP contribution in [-0.2, 0) is 16.0 Å². The van der Waals surface area contributed by atoms with Gasteiger partial charge in [-0.25, -0.2) is 4.90 Å². The summed E-state index contributed by atoms with van der Waals surface area (Å²) in [5.74, 6) is -0.721. The predicted octanol–water partition coefficient (Wildman–Crippen LogP) is 1.99. The molecule has 0 saturated carbocycles. The molecule has 1 atom stereocenters. The van der Waals surface area contributed by atoms with E-state index in [2.05, 4.69) is 21.7 Å². The predicted molar refractivity (Wildman–Crippen MR) is 111 cm³/mol. The first-order valence-electron chi connectivity index (χ1n) is 9.56. The van der Waals surface area contributed by atoms with E-state index < -0.39 is 6.04 Å². The van der Waals surface area contributed by atoms with E-state index in [1.807, 2.05) is 24.4 Å². The minimum atomic E-state index is -0.536. The Morgan fingerprint density at radius 1 is 1.14 bits per heavy atom. The van der Waals surface area contributed by atoms with E-state index in [1.54, 1.807) is 31.3 Å². The van der Waals surface area contributed by atoms with Crippen LogP contribution in [0.4, 0.5) is 5.69 Å². The lowest BCUT2D eigenvalue weighted by atomic mass is 10.1. The van der Waals surface area contributed by atoms with Crippen LogP contribution >= 0.6 is 0 Å². The van der Waals surface area contributed by atoms with Crippen LogP contribution in [0, 0.1) is 0 Å². The second-order valence-corrected chi connectivity index (χ2v) is 7.01. The quantitative estimate of drug-likeness (QED) is 0.561. The molecule has 7 heteroatoms. The number of imide groups is 1. The summed E-state index contributed by atoms with van der Waals surface area (Å²) in [7, 11) is 1.55. The number of amides is 3. The lowest BCUT2D eigenvalue weighted by Crippen LogP contribution is -2.39. The fourth-order valence-electron chi connectivity index (χ4n) is 3.69. The van der Waals surface area contributed by atoms with Crippen LogP contribution in [0.15, 0.2) is 54.7 Å². The van der Waals surface area contributed by atoms with Crippen molar-refractivity contribution in [3.8, 4) is 0 Å². The van der Waals surface area contributed by atoms with Crippen LogP contribution < -0.4 is 15.5 Å². The maximum absolute atomic E-state index is 12.8. The van der Waals surface area contributed by atoms with Gasteiger partial charge >= 0.3 is 0 Å². The molecule has 2 heterocycles. The number of H-pyrrole nitrogens is 1. The van der Waals surface area contributed by atoms with Gasteiger partial charge in [0.25, 0.3) is 11.8 Å². The molecule has 3 amide bonds. The van der Waals surface area contributed by atoms with Gasteiger partial charge in [0.1, 0.15) is 0 Å². The minimum Gasteiger partial charge on any atom is -0.361 e. The Balaban J connectivity index is 1.39. The zero-order chi connectivity index (χ0) is 20.4. The van der Waals surface area contributed by atoms with Gasteiger partial charge in [-0.15, -0.1) is 0 Å². The largest absolute Gasteiger partial charge is 0.361 e. The first kappa shape index (κ1) is 18.9. The maximum atomic E-state index is 12.8. The number of rotatable bonds is 6. The van der Waals surface area contributed by atoms with Gasteiger partial charge in [-0.05, 0) is 42.3 Å². The topological polar surface area (TPSA) is 94.3 Å². The van der Waals surface area contributed by atoms with Crippen molar-refractivity contribution in [3.05, 3.63) is 65.9 Å². The number of hydrogen-bond acceptors (Lipinski definition) is 4. The molecule has 2 aromatic carbocycles. The summed E-state index contributed by atoms with van der Waals surface area (Å²) >= 11 is 0. The second kappa shape index (κ2) is 7.89. The highest BCUT2D eigenvalue weighted by Crippen LogP contribution is 2.24. The van der Waals surface area contributed by atoms with Gasteiger partial charge in [0.05, 0.1) is 18.2 Å². The average Bonchev–Trinajstić information content (AvgIpc) is 3.28. The highest BCUT2D eigenvalue weighted by molar-refractivity contribution is 6.22. The van der Waals surface area contributed by atoms with Gasteiger partial charge in [-0.1, -0.05) is 18.2 Å². The lowest BCUT2D eigenvalue weighted by molar-refractivity contribution is -0.121. The van der Waals surface area contributed by atoms with Crippen LogP contribution in [0.3, 0.4) is 0 Å². The standard InChI is InChI=1S/C22H22N4O3/c1-23-21(28)14-6-8-16(9-7-14)26-20(27)12-19(22(26)29)24-11-10-15-13-25-18-5-3-2-4-17(15)18/h2-9,13,19,24-25H,10-12H2,1H3,(H,23,28)/t19-/m1/s1. The third-order valence-electron chi connectivity index (χ3n) is 5.22. The number of nitrogens with zero attached hydrogens (tertiary/aromatic N) is 1. The highest BCUT2D eigenvalue weighted by atomic mass is 16.2. The molecule has 0 spiro atoms. The van der Waals surface area contributed by atoms with Gasteiger partial charge in [0.2, 0.25) is 5.91 Å². The van der Waals surface area contributed by atoms with E-state index >= 15 is 0 Å². The fraction of sp³-hybridized carbons (Fsp3) is 0.227. The molecular weight excluding hydrogens is 368 g/mol. The highest BCUT2D eigenvalue weighted by Gasteiger charge is 2.39. The van der Waals surface area contributed by atoms with Crippen LogP contribution in [0.5, 0.6) is 0 Å². The summed E-state index contributed by atoms with van der Waals surface area (Å²) in [5.41, 5.74) is 3.21. The minimum absolute atomic E-state index is 0.129. The Labute approximate surface area is 168 Å². The van der Waals surface area contributed by atoms with Crippen LogP contribution in [0.25, 0.3) is 10.9 Å². The van der Waals surface area contributed by atoms with E-state index in [4.69, 9.17) is 0 Å². The third kappa shape index (κ3) is 3.64. The van der Waals surface area contributed by atoms with Crippen LogP contribution in [0.2, 0.25) is 0 Å². The third-order valence-corrected chi connectivity index (χ3v) is 5.22. The van der Waals surface area contributed by atoms with Gasteiger partial charge in [-0.3, -0.25) is 14.4 Å². The zero-order valence-corrected chi connectivity index (χ0v) is 16.1. The molecule has 1 saturated heterocycles. The number of benzene rings is 2. The molecule has 0 bridgehead atoms. The summed E-state index contributed by atoms with van der Waals surface area (Å²) in [5, 5.41) is 6.92. The first-order valence-corrected chi connectivity index (χ1v) is 9.56. The smallest absolute Gasteiger partial charge is 0.251 e. The number of para-hydroxylation sites is 1. The van der Waals surface area contributed by atoms with Gasteiger partial charge in [-0.2, -0.15) is 0 Å². The van der Waals surface area contributed by atoms with E-state index in [0.29, 0.717) is 17.8 Å². The van der Waals surface area contributed by atoms with Crippen LogP contribution in [0.1, 0.15) is 22.3 Å². The first-order chi connectivity index (χ1) is 14.1. The van der Waals surface area contributed by atoms with E-state index in [-0.39, 0.29) is 24.1 Å². The molecule has 7 nitrogen and oxygen atoms in total. The molecule has 1 aromatic heterocycles. The van der Waals surface area contributed by atoms with Crippen molar-refractivity contribution in [2.45, 2.75) is 18.9 Å². The molecule has 0 radical (unpaired) electrons. The molecule has 1 aliphatic heterocycles. The number of aromatic nitrogens is 1. The fourth-order valence-corrected chi connectivity index (χ4v) is 3.69. The number of hydrogen-bond donors (Lipinski definition) is 3. The number of fused-ring (bicyclic) bond motifs is 1. The van der Waals surface area contributed by atoms with Gasteiger partial charge in [0.15, 0.2) is 0 Å². The summed E-state index contributed by atoms with van der Waals surface area (Å²) in [6.45, 7) is 0.592. The number of anilines is 1. The van der Waals surface area contributed by atoms with Crippen molar-refractivity contribution in [3.63, 3.8) is 0 Å². The molecule has 1 fully saturated rings. The summed E-state index contributed by atoms with van der Waals surface area (Å²) in [4.78, 5) is 41.3. The van der Waals surface area contributed by atoms with Crippen molar-refractivity contribution in [1.82, 2.24) is 15.6 Å². The monoisotopic (exact) mass is 390 g/mol. The number of carbonyl (C=O) groups excluding carboxylic acids is 3. The summed E-state index contributed by atoms with van der Waals surface area (Å²) in [6.07, 6.45) is 2.86. The Morgan fingerprint density at radius 2 is 1.90 bits per heavy atom. The van der Waals surface area contributed by atoms with E-state index in [1.165, 1.54) is 15.8 Å². The van der Waals surface area contributed by atoms with Crippen molar-refractivity contribution >= 4 is 34.3 Å². The van der Waals surface area contributed by atoms with Gasteiger partial charge in [0, 0.05) is 36.3 Å². The van der Waals surface area contributed by atoms with Crippen molar-refractivity contribution in [1.29, 1.82) is 0 Å². The molecule has 148 valence electrons. The molecule has 3 aromatic rings. The molecule has 1 aliphatic rings. The zero-order valence-electron chi connectivity index (χ0n) is 16.1. The normalized spacial score (nSPS) is 16.6. The Hall–Kier alpha value is -3.45. The SMILES string of the molecule is CNC(=O)c1ccc(N2C(=O)C[C@@H](NCCc3c[nH]c4ccccc34)C2=O)cc1. The Kier molecular flexibility index (Phi) is 5.14. The van der Waals surface area contributed by atoms with Gasteiger partial charge < -0.3 is 15.6 Å². The molecule has 0 aliphatic carbocycles. The maximum Gasteiger partial charge on any atom is 0.251 e. The molecule has 4 rings (SSSR count). The van der Waals surface area contributed by atoms with Crippen molar-refractivity contribution in [2.24, 2.45) is 0 Å². The number of carbonyl (C=O) groups is 3. The summed E-state index contributed by atoms with van der Waals surface area (Å²) in [6, 6.07) is 14.0. The number of nitrogens with one attached hydrogen (secondary N) is 3. The average molecular weight is 390 g/mol. The second-order valence-electron chi connectivity index (χ2n) is 7.01. The van der Waals surface area contributed by atoms with E-state index in [9.17, 15) is 14.4 Å². The van der Waals surface area contributed by atoms with Crippen LogP contribution in [-0.4, -0.2) is 42.3 Å². The molecule has 3 N–H and O–H groups in total. The number of aromatic amines is 1. The Morgan fingerprint density at radius 3 is 2.66 bits per heavy atom. The van der Waals surface area contributed by atoms with Crippen molar-refractivity contribution in [2.75, 3.05) is 18.5 Å². The van der Waals surface area contributed by atoms with E-state index in [0.717, 1.165) is 11.9 Å². The molecule has 0 unspecified atom stereocenters. The Bertz CT molecular complexity index is 1070. The lowest BCUT2D eigenvalue weighted by Gasteiger charge is -2.16. The molecule has 29 heavy (non-hydrogen) atoms. The summed E-state index contributed by atoms with van der Waals surface area (Å²) < 4.78 is 0. The van der Waals surface area contributed by atoms with Crippen molar-refractivity contribution < 1.29 is 14.4 Å².